The van der Waals surface area contributed by atoms with Crippen LogP contribution in [0.4, 0.5) is 4.39 Å². The first-order valence-corrected chi connectivity index (χ1v) is 8.27. The van der Waals surface area contributed by atoms with Crippen LogP contribution in [0, 0.1) is 0 Å². The van der Waals surface area contributed by atoms with Gasteiger partial charge in [0.2, 0.25) is 0 Å². The van der Waals surface area contributed by atoms with Crippen molar-refractivity contribution in [2.75, 3.05) is 6.61 Å². The van der Waals surface area contributed by atoms with Crippen LogP contribution in [0.1, 0.15) is 27.7 Å². The third-order valence-electron chi connectivity index (χ3n) is 3.48. The molecular weight excluding hydrogens is 333 g/mol. The monoisotopic (exact) mass is 361 g/mol. The van der Waals surface area contributed by atoms with Crippen molar-refractivity contribution in [3.63, 3.8) is 0 Å². The molecule has 1 aliphatic heterocycles. The molecule has 0 saturated carbocycles. The average Bonchev–Trinajstić information content (AvgIpc) is 2.60. The Labute approximate surface area is 155 Å². The molecule has 26 heavy (non-hydrogen) atoms. The molecule has 1 N–H and O–H groups in total. The zero-order valence-electron chi connectivity index (χ0n) is 16.0. The first kappa shape index (κ1) is 23.3. The lowest BCUT2D eigenvalue weighted by atomic mass is 9.97. The molecule has 0 amide bonds. The fraction of sp³-hybridized carbons (Fsp3) is 0.286. The van der Waals surface area contributed by atoms with Gasteiger partial charge in [-0.25, -0.2) is 9.18 Å². The van der Waals surface area contributed by atoms with Crippen LogP contribution in [0.5, 0.6) is 0 Å². The third kappa shape index (κ3) is 6.33. The number of nitrogens with zero attached hydrogens (tertiary/aromatic N) is 1. The van der Waals surface area contributed by atoms with E-state index in [4.69, 9.17) is 4.74 Å². The zero-order chi connectivity index (χ0) is 20.4. The van der Waals surface area contributed by atoms with Gasteiger partial charge >= 0.3 is 5.97 Å². The van der Waals surface area contributed by atoms with Crippen molar-refractivity contribution >= 4 is 5.97 Å². The van der Waals surface area contributed by atoms with Gasteiger partial charge in [-0.15, -0.1) is 0 Å². The molecule has 1 heterocycles. The van der Waals surface area contributed by atoms with E-state index < -0.39 is 17.9 Å². The SMILES string of the molecule is C=CN1C(=C)C=C(C(=O)O)C(C)=C1C(C)OCC(=C)/C=C\C(=C)F.CC. The second kappa shape index (κ2) is 11.1. The molecule has 1 aliphatic rings. The topological polar surface area (TPSA) is 49.8 Å². The van der Waals surface area contributed by atoms with Crippen LogP contribution < -0.4 is 0 Å². The van der Waals surface area contributed by atoms with Gasteiger partial charge in [-0.1, -0.05) is 46.2 Å². The molecular formula is C21H28FNO3. The molecule has 1 atom stereocenters. The number of allylic oxidation sites excluding steroid dienone is 3. The first-order valence-electron chi connectivity index (χ1n) is 8.27. The van der Waals surface area contributed by atoms with Gasteiger partial charge in [-0.05, 0) is 37.1 Å². The highest BCUT2D eigenvalue weighted by atomic mass is 19.1. The predicted octanol–water partition coefficient (Wildman–Crippen LogP) is 5.27. The number of aliphatic carboxylic acids is 1. The van der Waals surface area contributed by atoms with Crippen LogP contribution >= 0.6 is 0 Å². The van der Waals surface area contributed by atoms with Crippen molar-refractivity contribution in [2.45, 2.75) is 33.8 Å². The molecule has 0 aliphatic carbocycles. The average molecular weight is 361 g/mol. The minimum absolute atomic E-state index is 0.158. The van der Waals surface area contributed by atoms with E-state index in [1.807, 2.05) is 13.8 Å². The van der Waals surface area contributed by atoms with E-state index >= 15 is 0 Å². The van der Waals surface area contributed by atoms with Crippen LogP contribution in [0.25, 0.3) is 0 Å². The summed E-state index contributed by atoms with van der Waals surface area (Å²) in [6, 6.07) is 0. The lowest BCUT2D eigenvalue weighted by Crippen LogP contribution is -2.30. The van der Waals surface area contributed by atoms with Crippen LogP contribution in [-0.4, -0.2) is 28.7 Å². The molecule has 0 fully saturated rings. The molecule has 4 nitrogen and oxygen atoms in total. The zero-order valence-corrected chi connectivity index (χ0v) is 16.0. The molecule has 0 aromatic heterocycles. The van der Waals surface area contributed by atoms with Crippen molar-refractivity contribution in [3.05, 3.63) is 84.7 Å². The molecule has 1 unspecified atom stereocenters. The maximum absolute atomic E-state index is 12.6. The third-order valence-corrected chi connectivity index (χ3v) is 3.48. The highest BCUT2D eigenvalue weighted by molar-refractivity contribution is 5.93. The molecule has 142 valence electrons. The number of rotatable bonds is 8. The largest absolute Gasteiger partial charge is 0.478 e. The van der Waals surface area contributed by atoms with E-state index in [-0.39, 0.29) is 12.2 Å². The summed E-state index contributed by atoms with van der Waals surface area (Å²) < 4.78 is 18.3. The van der Waals surface area contributed by atoms with Crippen LogP contribution in [0.3, 0.4) is 0 Å². The fourth-order valence-corrected chi connectivity index (χ4v) is 2.32. The van der Waals surface area contributed by atoms with Crippen molar-refractivity contribution in [2.24, 2.45) is 0 Å². The fourth-order valence-electron chi connectivity index (χ4n) is 2.32. The Balaban J connectivity index is 0.00000301. The Morgan fingerprint density at radius 1 is 1.38 bits per heavy atom. The Morgan fingerprint density at radius 3 is 2.42 bits per heavy atom. The molecule has 5 heteroatoms. The summed E-state index contributed by atoms with van der Waals surface area (Å²) in [6.07, 6.45) is 5.28. The second-order valence-electron chi connectivity index (χ2n) is 5.31. The van der Waals surface area contributed by atoms with Crippen LogP contribution in [0.15, 0.2) is 84.7 Å². The van der Waals surface area contributed by atoms with E-state index in [1.54, 1.807) is 24.9 Å². The number of carboxylic acid groups (broad SMARTS) is 1. The highest BCUT2D eigenvalue weighted by Crippen LogP contribution is 2.31. The lowest BCUT2D eigenvalue weighted by molar-refractivity contribution is -0.132. The van der Waals surface area contributed by atoms with Gasteiger partial charge in [0.1, 0.15) is 5.83 Å². The molecule has 0 aromatic rings. The Morgan fingerprint density at radius 2 is 1.96 bits per heavy atom. The Hall–Kier alpha value is -2.66. The summed E-state index contributed by atoms with van der Waals surface area (Å²) >= 11 is 0. The summed E-state index contributed by atoms with van der Waals surface area (Å²) in [5.74, 6) is -1.60. The summed E-state index contributed by atoms with van der Waals surface area (Å²) in [5, 5.41) is 9.33. The number of carboxylic acids is 1. The number of hydrogen-bond acceptors (Lipinski definition) is 3. The van der Waals surface area contributed by atoms with Gasteiger partial charge in [0.25, 0.3) is 0 Å². The van der Waals surface area contributed by atoms with Gasteiger partial charge in [-0.3, -0.25) is 0 Å². The van der Waals surface area contributed by atoms with E-state index in [9.17, 15) is 14.3 Å². The van der Waals surface area contributed by atoms with Gasteiger partial charge in [0.15, 0.2) is 0 Å². The van der Waals surface area contributed by atoms with E-state index in [2.05, 4.69) is 26.3 Å². The van der Waals surface area contributed by atoms with Crippen molar-refractivity contribution < 1.29 is 19.0 Å². The maximum atomic E-state index is 12.6. The Bertz CT molecular complexity index is 683. The molecule has 0 radical (unpaired) electrons. The highest BCUT2D eigenvalue weighted by Gasteiger charge is 2.27. The van der Waals surface area contributed by atoms with Gasteiger partial charge in [0.05, 0.1) is 24.0 Å². The molecule has 0 bridgehead atoms. The number of ether oxygens (including phenoxy) is 1. The summed E-state index contributed by atoms with van der Waals surface area (Å²) in [4.78, 5) is 13.1. The molecule has 0 saturated heterocycles. The van der Waals surface area contributed by atoms with Crippen LogP contribution in [0.2, 0.25) is 0 Å². The normalized spacial score (nSPS) is 15.2. The number of carbonyl (C=O) groups is 1. The molecule has 1 rings (SSSR count). The van der Waals surface area contributed by atoms with Crippen molar-refractivity contribution in [1.29, 1.82) is 0 Å². The summed E-state index contributed by atoms with van der Waals surface area (Å²) in [6.45, 7) is 22.1. The lowest BCUT2D eigenvalue weighted by Gasteiger charge is -2.33. The molecule has 0 aromatic carbocycles. The van der Waals surface area contributed by atoms with E-state index in [1.165, 1.54) is 18.2 Å². The van der Waals surface area contributed by atoms with E-state index in [0.717, 1.165) is 0 Å². The minimum atomic E-state index is -1.03. The first-order chi connectivity index (χ1) is 12.2. The van der Waals surface area contributed by atoms with Crippen molar-refractivity contribution in [3.8, 4) is 0 Å². The van der Waals surface area contributed by atoms with Gasteiger partial charge in [0, 0.05) is 11.9 Å². The van der Waals surface area contributed by atoms with Crippen molar-refractivity contribution in [1.82, 2.24) is 4.90 Å². The second-order valence-corrected chi connectivity index (χ2v) is 5.31. The predicted molar refractivity (Wildman–Crippen MR) is 105 cm³/mol. The quantitative estimate of drug-likeness (QED) is 0.598. The van der Waals surface area contributed by atoms with Gasteiger partial charge in [-0.2, -0.15) is 0 Å². The smallest absolute Gasteiger partial charge is 0.336 e. The van der Waals surface area contributed by atoms with Crippen LogP contribution in [-0.2, 0) is 9.53 Å². The van der Waals surface area contributed by atoms with E-state index in [0.29, 0.717) is 22.5 Å². The van der Waals surface area contributed by atoms with Gasteiger partial charge < -0.3 is 14.7 Å². The Kier molecular flexibility index (Phi) is 9.92. The summed E-state index contributed by atoms with van der Waals surface area (Å²) in [7, 11) is 0. The number of halogens is 1. The standard InChI is InChI=1S/C19H22FNO3.C2H6/c1-7-21-14(4)10-17(19(22)23)15(5)18(21)16(6)24-11-12(2)8-9-13(3)20;1-2/h7-10,16H,1-4,11H2,5-6H3,(H,22,23);1-2H3/b9-8-;. The molecule has 0 spiro atoms. The summed E-state index contributed by atoms with van der Waals surface area (Å²) in [5.41, 5.74) is 2.43. The minimum Gasteiger partial charge on any atom is -0.478 e. The maximum Gasteiger partial charge on any atom is 0.336 e. The number of hydrogen-bond donors (Lipinski definition) is 1.